The number of nitrogens with one attached hydrogen (secondary N) is 2. The lowest BCUT2D eigenvalue weighted by molar-refractivity contribution is 0.331. The van der Waals surface area contributed by atoms with Gasteiger partial charge in [-0.1, -0.05) is 70.0 Å². The van der Waals surface area contributed by atoms with Gasteiger partial charge < -0.3 is 10.6 Å². The van der Waals surface area contributed by atoms with Crippen molar-refractivity contribution in [2.75, 3.05) is 19.6 Å². The van der Waals surface area contributed by atoms with Crippen molar-refractivity contribution < 1.29 is 0 Å². The van der Waals surface area contributed by atoms with Gasteiger partial charge in [-0.05, 0) is 41.2 Å². The van der Waals surface area contributed by atoms with Gasteiger partial charge in [0.2, 0.25) is 0 Å². The van der Waals surface area contributed by atoms with E-state index in [2.05, 4.69) is 63.0 Å². The summed E-state index contributed by atoms with van der Waals surface area (Å²) in [7, 11) is 0. The Kier molecular flexibility index (Phi) is 6.50. The van der Waals surface area contributed by atoms with Crippen LogP contribution in [0.4, 0.5) is 0 Å². The zero-order chi connectivity index (χ0) is 16.8. The van der Waals surface area contributed by atoms with Crippen molar-refractivity contribution in [3.63, 3.8) is 0 Å². The number of rotatable bonds is 7. The van der Waals surface area contributed by atoms with E-state index >= 15 is 0 Å². The normalized spacial score (nSPS) is 14.9. The largest absolute Gasteiger partial charge is 0.316 e. The van der Waals surface area contributed by atoms with Crippen LogP contribution in [0, 0.1) is 5.92 Å². The second-order valence-corrected chi connectivity index (χ2v) is 7.54. The van der Waals surface area contributed by atoms with Crippen molar-refractivity contribution in [1.82, 2.24) is 10.6 Å². The van der Waals surface area contributed by atoms with Gasteiger partial charge in [-0.15, -0.1) is 0 Å². The Labute approximate surface area is 157 Å². The average Bonchev–Trinajstić information content (AvgIpc) is 2.52. The number of hydrogen-bond donors (Lipinski definition) is 2. The second kappa shape index (κ2) is 8.82. The molecule has 1 fully saturated rings. The van der Waals surface area contributed by atoms with Crippen molar-refractivity contribution in [2.45, 2.75) is 13.0 Å². The third kappa shape index (κ3) is 5.18. The molecule has 24 heavy (non-hydrogen) atoms. The molecule has 1 aliphatic heterocycles. The van der Waals surface area contributed by atoms with Crippen LogP contribution in [0.3, 0.4) is 0 Å². The Balaban J connectivity index is 1.52. The molecule has 1 aliphatic rings. The van der Waals surface area contributed by atoms with Crippen LogP contribution in [-0.2, 0) is 13.0 Å². The van der Waals surface area contributed by atoms with Crippen LogP contribution in [0.15, 0.2) is 53.0 Å². The first-order valence-corrected chi connectivity index (χ1v) is 9.48. The Morgan fingerprint density at radius 1 is 1.17 bits per heavy atom. The van der Waals surface area contributed by atoms with Gasteiger partial charge in [-0.3, -0.25) is 0 Å². The fourth-order valence-electron chi connectivity index (χ4n) is 2.74. The topological polar surface area (TPSA) is 24.1 Å². The summed E-state index contributed by atoms with van der Waals surface area (Å²) < 4.78 is 1.02. The van der Waals surface area contributed by atoms with E-state index < -0.39 is 0 Å². The quantitative estimate of drug-likeness (QED) is 0.699. The molecule has 126 valence electrons. The molecule has 0 saturated carbocycles. The SMILES string of the molecule is Clc1ccc(C=CCc2cccc(CNCC3CNC3)c2)c(Br)c1. The summed E-state index contributed by atoms with van der Waals surface area (Å²) in [5.41, 5.74) is 3.83. The highest BCUT2D eigenvalue weighted by Gasteiger charge is 2.15. The highest BCUT2D eigenvalue weighted by molar-refractivity contribution is 9.10. The Hall–Kier alpha value is -1.13. The Morgan fingerprint density at radius 3 is 2.75 bits per heavy atom. The lowest BCUT2D eigenvalue weighted by atomic mass is 10.0. The molecule has 0 aromatic heterocycles. The van der Waals surface area contributed by atoms with Crippen LogP contribution in [0.1, 0.15) is 16.7 Å². The summed E-state index contributed by atoms with van der Waals surface area (Å²) in [4.78, 5) is 0. The predicted octanol–water partition coefficient (Wildman–Crippen LogP) is 4.67. The van der Waals surface area contributed by atoms with Gasteiger partial charge in [0, 0.05) is 35.7 Å². The molecule has 3 rings (SSSR count). The third-order valence-electron chi connectivity index (χ3n) is 4.23. The maximum absolute atomic E-state index is 5.97. The third-order valence-corrected chi connectivity index (χ3v) is 5.15. The molecule has 0 bridgehead atoms. The molecule has 1 saturated heterocycles. The molecule has 0 unspecified atom stereocenters. The van der Waals surface area contributed by atoms with Gasteiger partial charge in [-0.25, -0.2) is 0 Å². The smallest absolute Gasteiger partial charge is 0.0417 e. The van der Waals surface area contributed by atoms with E-state index in [9.17, 15) is 0 Å². The monoisotopic (exact) mass is 404 g/mol. The molecule has 1 heterocycles. The summed E-state index contributed by atoms with van der Waals surface area (Å²) in [5, 5.41) is 7.60. The predicted molar refractivity (Wildman–Crippen MR) is 106 cm³/mol. The first-order chi connectivity index (χ1) is 11.7. The molecular formula is C20H22BrClN2. The molecule has 2 aromatic carbocycles. The minimum Gasteiger partial charge on any atom is -0.316 e. The van der Waals surface area contributed by atoms with Crippen LogP contribution in [0.5, 0.6) is 0 Å². The minimum absolute atomic E-state index is 0.747. The number of benzene rings is 2. The van der Waals surface area contributed by atoms with Gasteiger partial charge >= 0.3 is 0 Å². The fourth-order valence-corrected chi connectivity index (χ4v) is 3.55. The molecule has 0 amide bonds. The molecule has 0 aliphatic carbocycles. The number of hydrogen-bond acceptors (Lipinski definition) is 2. The maximum Gasteiger partial charge on any atom is 0.0417 e. The molecular weight excluding hydrogens is 384 g/mol. The zero-order valence-electron chi connectivity index (χ0n) is 13.6. The van der Waals surface area contributed by atoms with Crippen molar-refractivity contribution in [1.29, 1.82) is 0 Å². The minimum atomic E-state index is 0.747. The van der Waals surface area contributed by atoms with E-state index in [1.807, 2.05) is 18.2 Å². The van der Waals surface area contributed by atoms with Crippen molar-refractivity contribution in [3.8, 4) is 0 Å². The van der Waals surface area contributed by atoms with E-state index in [1.165, 1.54) is 11.1 Å². The number of halogens is 2. The van der Waals surface area contributed by atoms with Crippen molar-refractivity contribution in [2.24, 2.45) is 5.92 Å². The molecule has 0 radical (unpaired) electrons. The van der Waals surface area contributed by atoms with E-state index in [0.29, 0.717) is 0 Å². The van der Waals surface area contributed by atoms with E-state index in [0.717, 1.165) is 53.6 Å². The average molecular weight is 406 g/mol. The Morgan fingerprint density at radius 2 is 2.00 bits per heavy atom. The van der Waals surface area contributed by atoms with Crippen molar-refractivity contribution in [3.05, 3.63) is 74.7 Å². The van der Waals surface area contributed by atoms with Crippen molar-refractivity contribution >= 4 is 33.6 Å². The molecule has 0 spiro atoms. The summed E-state index contributed by atoms with van der Waals surface area (Å²) in [5.74, 6) is 0.800. The van der Waals surface area contributed by atoms with Crippen LogP contribution in [0.2, 0.25) is 5.02 Å². The molecule has 2 N–H and O–H groups in total. The molecule has 4 heteroatoms. The molecule has 2 aromatic rings. The molecule has 2 nitrogen and oxygen atoms in total. The summed E-state index contributed by atoms with van der Waals surface area (Å²) in [6.45, 7) is 4.34. The van der Waals surface area contributed by atoms with Crippen LogP contribution in [-0.4, -0.2) is 19.6 Å². The summed E-state index contributed by atoms with van der Waals surface area (Å²) in [6.07, 6.45) is 5.25. The van der Waals surface area contributed by atoms with Crippen LogP contribution >= 0.6 is 27.5 Å². The lowest BCUT2D eigenvalue weighted by Crippen LogP contribution is -2.47. The molecule has 0 atom stereocenters. The second-order valence-electron chi connectivity index (χ2n) is 6.25. The van der Waals surface area contributed by atoms with E-state index in [1.54, 1.807) is 0 Å². The van der Waals surface area contributed by atoms with Gasteiger partial charge in [0.1, 0.15) is 0 Å². The Bertz CT molecular complexity index is 711. The fraction of sp³-hybridized carbons (Fsp3) is 0.300. The highest BCUT2D eigenvalue weighted by Crippen LogP contribution is 2.22. The summed E-state index contributed by atoms with van der Waals surface area (Å²) in [6, 6.07) is 14.7. The first kappa shape index (κ1) is 17.7. The van der Waals surface area contributed by atoms with Gasteiger partial charge in [0.15, 0.2) is 0 Å². The highest BCUT2D eigenvalue weighted by atomic mass is 79.9. The van der Waals surface area contributed by atoms with E-state index in [4.69, 9.17) is 11.6 Å². The first-order valence-electron chi connectivity index (χ1n) is 8.31. The van der Waals surface area contributed by atoms with Gasteiger partial charge in [0.25, 0.3) is 0 Å². The van der Waals surface area contributed by atoms with Crippen LogP contribution < -0.4 is 10.6 Å². The van der Waals surface area contributed by atoms with Crippen LogP contribution in [0.25, 0.3) is 6.08 Å². The standard InChI is InChI=1S/C20H22BrClN2/c21-20-10-19(22)8-7-18(20)6-2-4-15-3-1-5-16(9-15)11-23-12-17-13-24-14-17/h1-3,5-10,17,23-24H,4,11-14H2. The van der Waals surface area contributed by atoms with Gasteiger partial charge in [0.05, 0.1) is 0 Å². The maximum atomic E-state index is 5.97. The lowest BCUT2D eigenvalue weighted by Gasteiger charge is -2.27. The number of allylic oxidation sites excluding steroid dienone is 1. The van der Waals surface area contributed by atoms with E-state index in [-0.39, 0.29) is 0 Å². The summed E-state index contributed by atoms with van der Waals surface area (Å²) >= 11 is 9.52. The van der Waals surface area contributed by atoms with Gasteiger partial charge in [-0.2, -0.15) is 0 Å². The zero-order valence-corrected chi connectivity index (χ0v) is 15.9.